The largest absolute Gasteiger partial charge is 0.485 e. The fraction of sp³-hybridized carbons (Fsp3) is 0.667. The highest BCUT2D eigenvalue weighted by atomic mass is 16.5. The Bertz CT molecular complexity index is 454. The summed E-state index contributed by atoms with van der Waals surface area (Å²) in [6.07, 6.45) is 1.56. The lowest BCUT2D eigenvalue weighted by Crippen LogP contribution is -2.29. The van der Waals surface area contributed by atoms with Crippen molar-refractivity contribution in [2.45, 2.75) is 20.4 Å². The molecule has 0 aliphatic carbocycles. The fourth-order valence-corrected chi connectivity index (χ4v) is 2.05. The molecule has 2 rings (SSSR count). The van der Waals surface area contributed by atoms with Gasteiger partial charge < -0.3 is 4.74 Å². The second-order valence-electron chi connectivity index (χ2n) is 4.91. The highest BCUT2D eigenvalue weighted by molar-refractivity contribution is 5.25. The van der Waals surface area contributed by atoms with Gasteiger partial charge >= 0.3 is 0 Å². The van der Waals surface area contributed by atoms with E-state index < -0.39 is 0 Å². The van der Waals surface area contributed by atoms with Crippen LogP contribution in [0.25, 0.3) is 0 Å². The van der Waals surface area contributed by atoms with Crippen LogP contribution in [-0.2, 0) is 13.6 Å². The summed E-state index contributed by atoms with van der Waals surface area (Å²) >= 11 is 0. The molecule has 1 aliphatic heterocycles. The number of rotatable bonds is 2. The molecule has 0 saturated carbocycles. The van der Waals surface area contributed by atoms with Crippen molar-refractivity contribution in [2.75, 3.05) is 19.7 Å². The fourth-order valence-electron chi connectivity index (χ4n) is 2.05. The van der Waals surface area contributed by atoms with Crippen molar-refractivity contribution in [1.29, 1.82) is 0 Å². The summed E-state index contributed by atoms with van der Waals surface area (Å²) in [6, 6.07) is 0. The minimum atomic E-state index is -0.0959. The second-order valence-corrected chi connectivity index (χ2v) is 4.91. The highest BCUT2D eigenvalue weighted by Gasteiger charge is 2.20. The molecule has 0 fully saturated rings. The smallest absolute Gasteiger partial charge is 0.295 e. The van der Waals surface area contributed by atoms with Crippen LogP contribution in [-0.4, -0.2) is 34.1 Å². The normalized spacial score (nSPS) is 16.5. The van der Waals surface area contributed by atoms with Gasteiger partial charge in [0.05, 0.1) is 6.33 Å². The number of hydrogen-bond donors (Lipinski definition) is 0. The average molecular weight is 237 g/mol. The van der Waals surface area contributed by atoms with Crippen LogP contribution in [0.1, 0.15) is 19.5 Å². The van der Waals surface area contributed by atoms with Crippen molar-refractivity contribution < 1.29 is 4.74 Å². The quantitative estimate of drug-likeness (QED) is 0.757. The molecule has 0 spiro atoms. The van der Waals surface area contributed by atoms with Crippen LogP contribution in [0.2, 0.25) is 0 Å². The first-order valence-electron chi connectivity index (χ1n) is 5.97. The van der Waals surface area contributed by atoms with Gasteiger partial charge in [-0.3, -0.25) is 14.3 Å². The molecule has 2 heterocycles. The zero-order valence-corrected chi connectivity index (χ0v) is 10.6. The van der Waals surface area contributed by atoms with Gasteiger partial charge in [0, 0.05) is 26.7 Å². The summed E-state index contributed by atoms with van der Waals surface area (Å²) in [6.45, 7) is 7.47. The van der Waals surface area contributed by atoms with Crippen molar-refractivity contribution in [3.05, 3.63) is 22.4 Å². The van der Waals surface area contributed by atoms with E-state index in [0.29, 0.717) is 24.8 Å². The van der Waals surface area contributed by atoms with Crippen LogP contribution in [0.15, 0.2) is 11.1 Å². The Morgan fingerprint density at radius 1 is 1.53 bits per heavy atom. The zero-order valence-electron chi connectivity index (χ0n) is 10.6. The Hall–Kier alpha value is -1.36. The van der Waals surface area contributed by atoms with Gasteiger partial charge in [-0.2, -0.15) is 0 Å². The molecule has 0 saturated heterocycles. The first-order chi connectivity index (χ1) is 8.08. The van der Waals surface area contributed by atoms with E-state index in [-0.39, 0.29) is 5.56 Å². The average Bonchev–Trinajstić information content (AvgIpc) is 2.45. The summed E-state index contributed by atoms with van der Waals surface area (Å²) in [4.78, 5) is 18.4. The molecule has 94 valence electrons. The molecule has 0 radical (unpaired) electrons. The van der Waals surface area contributed by atoms with E-state index in [1.165, 1.54) is 4.57 Å². The number of fused-ring (bicyclic) bond motifs is 1. The third-order valence-electron chi connectivity index (χ3n) is 2.81. The molecule has 1 aromatic heterocycles. The molecule has 1 aromatic rings. The van der Waals surface area contributed by atoms with E-state index in [9.17, 15) is 4.79 Å². The van der Waals surface area contributed by atoms with Crippen LogP contribution in [0.4, 0.5) is 0 Å². The minimum Gasteiger partial charge on any atom is -0.485 e. The predicted octanol–water partition coefficient (Wildman–Crippen LogP) is 0.631. The Labute approximate surface area is 101 Å². The summed E-state index contributed by atoms with van der Waals surface area (Å²) in [7, 11) is 1.69. The lowest BCUT2D eigenvalue weighted by molar-refractivity contribution is 0.206. The Kier molecular flexibility index (Phi) is 3.47. The highest BCUT2D eigenvalue weighted by Crippen LogP contribution is 2.16. The SMILES string of the molecule is CC(C)CN1CCOc2c(ncn(C)c2=O)C1. The van der Waals surface area contributed by atoms with Gasteiger partial charge in [0.1, 0.15) is 12.3 Å². The van der Waals surface area contributed by atoms with Crippen LogP contribution >= 0.6 is 0 Å². The summed E-state index contributed by atoms with van der Waals surface area (Å²) in [5.74, 6) is 1.02. The first kappa shape index (κ1) is 12.1. The molecule has 1 aliphatic rings. The van der Waals surface area contributed by atoms with Crippen LogP contribution in [0, 0.1) is 5.92 Å². The molecular formula is C12H19N3O2. The van der Waals surface area contributed by atoms with Crippen molar-refractivity contribution in [1.82, 2.24) is 14.5 Å². The summed E-state index contributed by atoms with van der Waals surface area (Å²) in [5.41, 5.74) is 0.660. The molecule has 5 heteroatoms. The molecule has 5 nitrogen and oxygen atoms in total. The lowest BCUT2D eigenvalue weighted by atomic mass is 10.2. The van der Waals surface area contributed by atoms with E-state index in [2.05, 4.69) is 23.7 Å². The van der Waals surface area contributed by atoms with Gasteiger partial charge in [0.2, 0.25) is 5.75 Å². The molecule has 0 bridgehead atoms. The molecule has 0 amide bonds. The van der Waals surface area contributed by atoms with Gasteiger partial charge in [-0.15, -0.1) is 0 Å². The molecule has 0 N–H and O–H groups in total. The van der Waals surface area contributed by atoms with Gasteiger partial charge in [0.25, 0.3) is 5.56 Å². The van der Waals surface area contributed by atoms with Crippen LogP contribution in [0.3, 0.4) is 0 Å². The van der Waals surface area contributed by atoms with Crippen molar-refractivity contribution in [3.63, 3.8) is 0 Å². The van der Waals surface area contributed by atoms with E-state index >= 15 is 0 Å². The Balaban J connectivity index is 2.27. The van der Waals surface area contributed by atoms with Crippen molar-refractivity contribution in [2.24, 2.45) is 13.0 Å². The van der Waals surface area contributed by atoms with Gasteiger partial charge in [-0.05, 0) is 5.92 Å². The van der Waals surface area contributed by atoms with Crippen molar-refractivity contribution >= 4 is 0 Å². The van der Waals surface area contributed by atoms with Crippen LogP contribution < -0.4 is 10.3 Å². The standard InChI is InChI=1S/C12H19N3O2/c1-9(2)6-15-4-5-17-11-10(7-15)13-8-14(3)12(11)16/h8-9H,4-7H2,1-3H3. The van der Waals surface area contributed by atoms with Gasteiger partial charge in [-0.1, -0.05) is 13.8 Å². The van der Waals surface area contributed by atoms with Crippen LogP contribution in [0.5, 0.6) is 5.75 Å². The van der Waals surface area contributed by atoms with Crippen molar-refractivity contribution in [3.8, 4) is 5.75 Å². The number of nitrogens with zero attached hydrogens (tertiary/aromatic N) is 3. The minimum absolute atomic E-state index is 0.0959. The lowest BCUT2D eigenvalue weighted by Gasteiger charge is -2.20. The maximum Gasteiger partial charge on any atom is 0.295 e. The number of aromatic nitrogens is 2. The van der Waals surface area contributed by atoms with E-state index in [1.807, 2.05) is 0 Å². The molecule has 0 atom stereocenters. The van der Waals surface area contributed by atoms with E-state index in [0.717, 1.165) is 18.8 Å². The maximum atomic E-state index is 11.9. The number of hydrogen-bond acceptors (Lipinski definition) is 4. The third kappa shape index (κ3) is 2.66. The third-order valence-corrected chi connectivity index (χ3v) is 2.81. The second kappa shape index (κ2) is 4.87. The van der Waals surface area contributed by atoms with Gasteiger partial charge in [0.15, 0.2) is 0 Å². The first-order valence-corrected chi connectivity index (χ1v) is 5.97. The van der Waals surface area contributed by atoms with E-state index in [1.54, 1.807) is 13.4 Å². The maximum absolute atomic E-state index is 11.9. The zero-order chi connectivity index (χ0) is 12.4. The monoisotopic (exact) mass is 237 g/mol. The Morgan fingerprint density at radius 3 is 3.00 bits per heavy atom. The summed E-state index contributed by atoms with van der Waals surface area (Å²) in [5, 5.41) is 0. The summed E-state index contributed by atoms with van der Waals surface area (Å²) < 4.78 is 6.99. The number of ether oxygens (including phenoxy) is 1. The molecule has 0 aromatic carbocycles. The Morgan fingerprint density at radius 2 is 2.29 bits per heavy atom. The molecular weight excluding hydrogens is 218 g/mol. The van der Waals surface area contributed by atoms with Gasteiger partial charge in [-0.25, -0.2) is 4.98 Å². The topological polar surface area (TPSA) is 47.4 Å². The number of aryl methyl sites for hydroxylation is 1. The van der Waals surface area contributed by atoms with E-state index in [4.69, 9.17) is 4.74 Å². The predicted molar refractivity (Wildman–Crippen MR) is 65.1 cm³/mol. The molecule has 17 heavy (non-hydrogen) atoms. The molecule has 0 unspecified atom stereocenters.